The van der Waals surface area contributed by atoms with Crippen LogP contribution in [0.3, 0.4) is 0 Å². The van der Waals surface area contributed by atoms with Gasteiger partial charge < -0.3 is 9.84 Å². The van der Waals surface area contributed by atoms with Crippen molar-refractivity contribution < 1.29 is 19.4 Å². The highest BCUT2D eigenvalue weighted by Gasteiger charge is 2.44. The molecule has 136 valence electrons. The van der Waals surface area contributed by atoms with E-state index in [0.717, 1.165) is 56.6 Å². The molecule has 0 heterocycles. The summed E-state index contributed by atoms with van der Waals surface area (Å²) in [5, 5.41) is 8.69. The van der Waals surface area contributed by atoms with Crippen LogP contribution in [0.25, 0.3) is 0 Å². The topological polar surface area (TPSA) is 63.6 Å². The number of carboxylic acids is 1. The Kier molecular flexibility index (Phi) is 7.32. The van der Waals surface area contributed by atoms with Crippen LogP contribution < -0.4 is 0 Å². The molecule has 0 radical (unpaired) electrons. The van der Waals surface area contributed by atoms with Gasteiger partial charge >= 0.3 is 11.9 Å². The summed E-state index contributed by atoms with van der Waals surface area (Å²) in [6.07, 6.45) is 15.9. The van der Waals surface area contributed by atoms with E-state index in [1.807, 2.05) is 0 Å². The second kappa shape index (κ2) is 9.24. The van der Waals surface area contributed by atoms with Gasteiger partial charge in [0, 0.05) is 12.2 Å². The van der Waals surface area contributed by atoms with Crippen LogP contribution in [0.2, 0.25) is 0 Å². The SMILES string of the molecule is CCCCC1CCC(C2(OC(=O)/C=C/C(=O)O)CCCCC2)CC1. The molecule has 0 bridgehead atoms. The van der Waals surface area contributed by atoms with Gasteiger partial charge in [-0.2, -0.15) is 0 Å². The monoisotopic (exact) mass is 336 g/mol. The van der Waals surface area contributed by atoms with Crippen LogP contribution in [0.4, 0.5) is 0 Å². The van der Waals surface area contributed by atoms with Crippen molar-refractivity contribution in [1.82, 2.24) is 0 Å². The largest absolute Gasteiger partial charge is 0.478 e. The highest BCUT2D eigenvalue weighted by molar-refractivity contribution is 5.90. The molecule has 0 aliphatic heterocycles. The molecule has 2 aliphatic rings. The number of carboxylic acid groups (broad SMARTS) is 1. The predicted molar refractivity (Wildman–Crippen MR) is 93.7 cm³/mol. The van der Waals surface area contributed by atoms with Gasteiger partial charge in [0.05, 0.1) is 0 Å². The first kappa shape index (κ1) is 19.0. The fourth-order valence-corrected chi connectivity index (χ4v) is 4.59. The van der Waals surface area contributed by atoms with Crippen LogP contribution in [0.5, 0.6) is 0 Å². The van der Waals surface area contributed by atoms with Crippen molar-refractivity contribution in [2.45, 2.75) is 89.6 Å². The van der Waals surface area contributed by atoms with E-state index in [9.17, 15) is 9.59 Å². The lowest BCUT2D eigenvalue weighted by molar-refractivity contribution is -0.168. The first-order valence-corrected chi connectivity index (χ1v) is 9.69. The van der Waals surface area contributed by atoms with Gasteiger partial charge in [0.25, 0.3) is 0 Å². The molecule has 2 rings (SSSR count). The molecule has 2 aliphatic carbocycles. The summed E-state index contributed by atoms with van der Waals surface area (Å²) in [5.41, 5.74) is -0.353. The number of ether oxygens (including phenoxy) is 1. The molecule has 2 fully saturated rings. The van der Waals surface area contributed by atoms with Gasteiger partial charge in [-0.1, -0.05) is 45.4 Å². The maximum absolute atomic E-state index is 12.1. The molecule has 2 saturated carbocycles. The number of hydrogen-bond acceptors (Lipinski definition) is 3. The maximum Gasteiger partial charge on any atom is 0.331 e. The standard InChI is InChI=1S/C20H32O4/c1-2-3-7-16-8-10-17(11-9-16)20(14-5-4-6-15-20)24-19(23)13-12-18(21)22/h12-13,16-17H,2-11,14-15H2,1H3,(H,21,22)/b13-12+. The second-order valence-electron chi connectivity index (χ2n) is 7.58. The minimum absolute atomic E-state index is 0.353. The number of rotatable bonds is 7. The zero-order valence-electron chi connectivity index (χ0n) is 15.0. The number of esters is 1. The molecule has 1 N–H and O–H groups in total. The lowest BCUT2D eigenvalue weighted by Gasteiger charge is -2.45. The molecule has 0 saturated heterocycles. The van der Waals surface area contributed by atoms with Gasteiger partial charge in [-0.15, -0.1) is 0 Å². The number of unbranched alkanes of at least 4 members (excludes halogenated alkanes) is 1. The Labute approximate surface area is 145 Å². The Balaban J connectivity index is 1.97. The molecule has 0 aromatic rings. The molecule has 0 unspecified atom stereocenters. The first-order chi connectivity index (χ1) is 11.6. The van der Waals surface area contributed by atoms with Crippen LogP contribution in [0.15, 0.2) is 12.2 Å². The Bertz CT molecular complexity index is 441. The van der Waals surface area contributed by atoms with Crippen molar-refractivity contribution >= 4 is 11.9 Å². The Hall–Kier alpha value is -1.32. The predicted octanol–water partition coefficient (Wildman–Crippen LogP) is 4.87. The van der Waals surface area contributed by atoms with Gasteiger partial charge in [-0.25, -0.2) is 9.59 Å². The van der Waals surface area contributed by atoms with E-state index in [1.165, 1.54) is 38.5 Å². The Morgan fingerprint density at radius 1 is 1.08 bits per heavy atom. The average molecular weight is 336 g/mol. The number of carbonyl (C=O) groups excluding carboxylic acids is 1. The molecule has 4 heteroatoms. The first-order valence-electron chi connectivity index (χ1n) is 9.69. The van der Waals surface area contributed by atoms with Crippen molar-refractivity contribution in [2.24, 2.45) is 11.8 Å². The summed E-state index contributed by atoms with van der Waals surface area (Å²) in [7, 11) is 0. The fourth-order valence-electron chi connectivity index (χ4n) is 4.59. The van der Waals surface area contributed by atoms with E-state index in [0.29, 0.717) is 5.92 Å². The third kappa shape index (κ3) is 5.35. The normalized spacial score (nSPS) is 27.0. The molecular weight excluding hydrogens is 304 g/mol. The van der Waals surface area contributed by atoms with Crippen molar-refractivity contribution in [1.29, 1.82) is 0 Å². The van der Waals surface area contributed by atoms with Crippen molar-refractivity contribution in [3.8, 4) is 0 Å². The van der Waals surface area contributed by atoms with Crippen molar-refractivity contribution in [3.63, 3.8) is 0 Å². The van der Waals surface area contributed by atoms with E-state index in [2.05, 4.69) is 6.92 Å². The molecular formula is C20H32O4. The zero-order chi connectivity index (χ0) is 17.4. The van der Waals surface area contributed by atoms with Crippen LogP contribution in [0.1, 0.15) is 84.0 Å². The zero-order valence-corrected chi connectivity index (χ0v) is 15.0. The molecule has 0 atom stereocenters. The smallest absolute Gasteiger partial charge is 0.331 e. The number of aliphatic carboxylic acids is 1. The molecule has 4 nitrogen and oxygen atoms in total. The molecule has 0 aromatic heterocycles. The van der Waals surface area contributed by atoms with Crippen LogP contribution >= 0.6 is 0 Å². The lowest BCUT2D eigenvalue weighted by Crippen LogP contribution is -2.45. The molecule has 0 spiro atoms. The molecule has 0 amide bonds. The average Bonchev–Trinajstić information content (AvgIpc) is 2.59. The summed E-state index contributed by atoms with van der Waals surface area (Å²) in [4.78, 5) is 22.7. The number of hydrogen-bond donors (Lipinski definition) is 1. The quantitative estimate of drug-likeness (QED) is 0.532. The second-order valence-corrected chi connectivity index (χ2v) is 7.58. The highest BCUT2D eigenvalue weighted by atomic mass is 16.6. The summed E-state index contributed by atoms with van der Waals surface area (Å²) in [6, 6.07) is 0. The van der Waals surface area contributed by atoms with Crippen molar-refractivity contribution in [2.75, 3.05) is 0 Å². The number of carbonyl (C=O) groups is 2. The minimum atomic E-state index is -1.11. The highest BCUT2D eigenvalue weighted by Crippen LogP contribution is 2.46. The van der Waals surface area contributed by atoms with Crippen LogP contribution in [-0.4, -0.2) is 22.6 Å². The van der Waals surface area contributed by atoms with Gasteiger partial charge in [0.1, 0.15) is 5.60 Å². The third-order valence-corrected chi connectivity index (χ3v) is 5.92. The van der Waals surface area contributed by atoms with Gasteiger partial charge in [-0.3, -0.25) is 0 Å². The van der Waals surface area contributed by atoms with E-state index < -0.39 is 11.9 Å². The lowest BCUT2D eigenvalue weighted by atomic mass is 9.67. The van der Waals surface area contributed by atoms with Crippen LogP contribution in [0, 0.1) is 11.8 Å². The van der Waals surface area contributed by atoms with Crippen molar-refractivity contribution in [3.05, 3.63) is 12.2 Å². The minimum Gasteiger partial charge on any atom is -0.478 e. The Morgan fingerprint density at radius 3 is 2.33 bits per heavy atom. The summed E-state index contributed by atoms with van der Waals surface area (Å²) < 4.78 is 5.90. The van der Waals surface area contributed by atoms with Gasteiger partial charge in [0.2, 0.25) is 0 Å². The van der Waals surface area contributed by atoms with Crippen LogP contribution in [-0.2, 0) is 14.3 Å². The molecule has 24 heavy (non-hydrogen) atoms. The van der Waals surface area contributed by atoms with E-state index >= 15 is 0 Å². The Morgan fingerprint density at radius 2 is 1.75 bits per heavy atom. The van der Waals surface area contributed by atoms with Gasteiger partial charge in [0.15, 0.2) is 0 Å². The van der Waals surface area contributed by atoms with E-state index in [4.69, 9.17) is 9.84 Å². The van der Waals surface area contributed by atoms with E-state index in [-0.39, 0.29) is 5.60 Å². The van der Waals surface area contributed by atoms with E-state index in [1.54, 1.807) is 0 Å². The molecule has 0 aromatic carbocycles. The third-order valence-electron chi connectivity index (χ3n) is 5.92. The maximum atomic E-state index is 12.1. The fraction of sp³-hybridized carbons (Fsp3) is 0.800. The summed E-state index contributed by atoms with van der Waals surface area (Å²) >= 11 is 0. The summed E-state index contributed by atoms with van der Waals surface area (Å²) in [5.74, 6) is -0.323. The summed E-state index contributed by atoms with van der Waals surface area (Å²) in [6.45, 7) is 2.24. The van der Waals surface area contributed by atoms with Gasteiger partial charge in [-0.05, 0) is 50.4 Å².